The molecule has 18 heavy (non-hydrogen) atoms. The highest BCUT2D eigenvalue weighted by atomic mass is 32.2. The van der Waals surface area contributed by atoms with Gasteiger partial charge in [0.05, 0.1) is 6.54 Å². The molecule has 1 saturated heterocycles. The number of amides is 1. The Hall–Kier alpha value is -0.570. The first-order valence-electron chi connectivity index (χ1n) is 5.44. The second-order valence-corrected chi connectivity index (χ2v) is 8.15. The zero-order valence-electron chi connectivity index (χ0n) is 9.59. The predicted molar refractivity (Wildman–Crippen MR) is 73.0 cm³/mol. The van der Waals surface area contributed by atoms with Gasteiger partial charge in [0.25, 0.3) is 0 Å². The molecule has 2 heterocycles. The summed E-state index contributed by atoms with van der Waals surface area (Å²) in [6.07, 6.45) is 0.920. The Morgan fingerprint density at radius 3 is 2.83 bits per heavy atom. The van der Waals surface area contributed by atoms with E-state index in [1.165, 1.54) is 6.07 Å². The molecule has 100 valence electrons. The monoisotopic (exact) mass is 306 g/mol. The van der Waals surface area contributed by atoms with Crippen LogP contribution in [0.2, 0.25) is 0 Å². The van der Waals surface area contributed by atoms with Gasteiger partial charge >= 0.3 is 0 Å². The molecule has 1 aromatic heterocycles. The predicted octanol–water partition coefficient (Wildman–Crippen LogP) is 0.765. The van der Waals surface area contributed by atoms with Crippen LogP contribution in [0, 0.1) is 5.92 Å². The SMILES string of the molecule is NS(=O)(=O)c1ccc(CNC(=O)C2CCSC2)s1. The smallest absolute Gasteiger partial charge is 0.247 e. The van der Waals surface area contributed by atoms with Crippen LogP contribution in [0.1, 0.15) is 11.3 Å². The van der Waals surface area contributed by atoms with Gasteiger partial charge in [0.15, 0.2) is 0 Å². The van der Waals surface area contributed by atoms with Gasteiger partial charge in [-0.1, -0.05) is 0 Å². The van der Waals surface area contributed by atoms with E-state index in [-0.39, 0.29) is 16.0 Å². The number of carbonyl (C=O) groups excluding carboxylic acids is 1. The van der Waals surface area contributed by atoms with Crippen molar-refractivity contribution in [3.63, 3.8) is 0 Å². The molecule has 1 atom stereocenters. The van der Waals surface area contributed by atoms with E-state index in [4.69, 9.17) is 5.14 Å². The topological polar surface area (TPSA) is 89.3 Å². The maximum atomic E-state index is 11.8. The molecule has 1 fully saturated rings. The zero-order chi connectivity index (χ0) is 13.2. The summed E-state index contributed by atoms with van der Waals surface area (Å²) in [4.78, 5) is 12.5. The molecule has 1 unspecified atom stereocenters. The lowest BCUT2D eigenvalue weighted by atomic mass is 10.1. The van der Waals surface area contributed by atoms with E-state index in [1.54, 1.807) is 17.8 Å². The lowest BCUT2D eigenvalue weighted by Crippen LogP contribution is -2.29. The second-order valence-electron chi connectivity index (χ2n) is 4.04. The number of primary sulfonamides is 1. The van der Waals surface area contributed by atoms with Crippen molar-refractivity contribution in [3.8, 4) is 0 Å². The Morgan fingerprint density at radius 2 is 2.28 bits per heavy atom. The van der Waals surface area contributed by atoms with Crippen LogP contribution in [0.25, 0.3) is 0 Å². The highest BCUT2D eigenvalue weighted by Crippen LogP contribution is 2.24. The summed E-state index contributed by atoms with van der Waals surface area (Å²) in [6.45, 7) is 0.361. The third kappa shape index (κ3) is 3.47. The number of carbonyl (C=O) groups is 1. The van der Waals surface area contributed by atoms with Crippen LogP contribution < -0.4 is 10.5 Å². The van der Waals surface area contributed by atoms with Crippen molar-refractivity contribution in [2.45, 2.75) is 17.2 Å². The Labute approximate surface area is 114 Å². The van der Waals surface area contributed by atoms with Crippen LogP contribution in [0.3, 0.4) is 0 Å². The van der Waals surface area contributed by atoms with E-state index >= 15 is 0 Å². The maximum Gasteiger partial charge on any atom is 0.247 e. The fourth-order valence-electron chi connectivity index (χ4n) is 1.67. The normalized spacial score (nSPS) is 19.9. The van der Waals surface area contributed by atoms with Crippen LogP contribution in [-0.4, -0.2) is 25.8 Å². The average molecular weight is 306 g/mol. The molecule has 1 aliphatic heterocycles. The Morgan fingerprint density at radius 1 is 1.50 bits per heavy atom. The van der Waals surface area contributed by atoms with Crippen molar-refractivity contribution < 1.29 is 13.2 Å². The van der Waals surface area contributed by atoms with Gasteiger partial charge in [0.1, 0.15) is 4.21 Å². The number of rotatable bonds is 4. The molecular formula is C10H14N2O3S3. The molecule has 5 nitrogen and oxygen atoms in total. The summed E-state index contributed by atoms with van der Waals surface area (Å²) in [7, 11) is -3.63. The summed E-state index contributed by atoms with van der Waals surface area (Å²) in [6, 6.07) is 3.14. The maximum absolute atomic E-state index is 11.8. The molecule has 0 bridgehead atoms. The molecule has 0 saturated carbocycles. The van der Waals surface area contributed by atoms with Crippen LogP contribution in [0.15, 0.2) is 16.3 Å². The van der Waals surface area contributed by atoms with E-state index in [1.807, 2.05) is 0 Å². The van der Waals surface area contributed by atoms with Gasteiger partial charge in [-0.15, -0.1) is 11.3 Å². The first-order chi connectivity index (χ1) is 8.47. The van der Waals surface area contributed by atoms with Crippen molar-refractivity contribution in [1.29, 1.82) is 0 Å². The van der Waals surface area contributed by atoms with Gasteiger partial charge < -0.3 is 5.32 Å². The summed E-state index contributed by atoms with van der Waals surface area (Å²) in [5.74, 6) is 2.05. The quantitative estimate of drug-likeness (QED) is 0.859. The molecule has 0 spiro atoms. The Bertz CT molecular complexity index is 532. The molecule has 0 radical (unpaired) electrons. The molecule has 1 amide bonds. The van der Waals surface area contributed by atoms with Gasteiger partial charge in [-0.05, 0) is 24.3 Å². The first-order valence-corrected chi connectivity index (χ1v) is 8.95. The minimum absolute atomic E-state index is 0.0468. The van der Waals surface area contributed by atoms with E-state index in [9.17, 15) is 13.2 Å². The standard InChI is InChI=1S/C10H14N2O3S3/c11-18(14,15)9-2-1-8(17-9)5-12-10(13)7-3-4-16-6-7/h1-2,7H,3-6H2,(H,12,13)(H2,11,14,15). The van der Waals surface area contributed by atoms with Gasteiger partial charge in [-0.3, -0.25) is 4.79 Å². The van der Waals surface area contributed by atoms with E-state index in [0.717, 1.165) is 34.1 Å². The third-order valence-corrected chi connectivity index (χ3v) is 6.34. The van der Waals surface area contributed by atoms with Crippen molar-refractivity contribution in [2.75, 3.05) is 11.5 Å². The molecule has 8 heteroatoms. The van der Waals surface area contributed by atoms with Crippen LogP contribution in [0.4, 0.5) is 0 Å². The number of thiophene rings is 1. The minimum Gasteiger partial charge on any atom is -0.351 e. The van der Waals surface area contributed by atoms with E-state index in [0.29, 0.717) is 6.54 Å². The fraction of sp³-hybridized carbons (Fsp3) is 0.500. The number of thioether (sulfide) groups is 1. The third-order valence-electron chi connectivity index (χ3n) is 2.65. The number of nitrogens with one attached hydrogen (secondary N) is 1. The van der Waals surface area contributed by atoms with Crippen molar-refractivity contribution in [2.24, 2.45) is 11.1 Å². The molecular weight excluding hydrogens is 292 g/mol. The summed E-state index contributed by atoms with van der Waals surface area (Å²) >= 11 is 2.88. The van der Waals surface area contributed by atoms with Gasteiger partial charge in [-0.25, -0.2) is 13.6 Å². The Kier molecular flexibility index (Phi) is 4.31. The van der Waals surface area contributed by atoms with Crippen molar-refractivity contribution in [1.82, 2.24) is 5.32 Å². The zero-order valence-corrected chi connectivity index (χ0v) is 12.0. The van der Waals surface area contributed by atoms with E-state index < -0.39 is 10.0 Å². The first kappa shape index (κ1) is 13.9. The van der Waals surface area contributed by atoms with Crippen molar-refractivity contribution >= 4 is 39.0 Å². The van der Waals surface area contributed by atoms with Crippen LogP contribution >= 0.6 is 23.1 Å². The van der Waals surface area contributed by atoms with Crippen molar-refractivity contribution in [3.05, 3.63) is 17.0 Å². The molecule has 1 aliphatic rings. The lowest BCUT2D eigenvalue weighted by molar-refractivity contribution is -0.124. The van der Waals surface area contributed by atoms with E-state index in [2.05, 4.69) is 5.32 Å². The molecule has 0 aliphatic carbocycles. The number of sulfonamides is 1. The summed E-state index contributed by atoms with van der Waals surface area (Å²) in [5, 5.41) is 7.85. The van der Waals surface area contributed by atoms with Crippen LogP contribution in [-0.2, 0) is 21.4 Å². The van der Waals surface area contributed by atoms with Gasteiger partial charge in [-0.2, -0.15) is 11.8 Å². The highest BCUT2D eigenvalue weighted by Gasteiger charge is 2.22. The van der Waals surface area contributed by atoms with Gasteiger partial charge in [0.2, 0.25) is 15.9 Å². The number of hydrogen-bond donors (Lipinski definition) is 2. The molecule has 0 aromatic carbocycles. The summed E-state index contributed by atoms with van der Waals surface area (Å²) < 4.78 is 22.3. The van der Waals surface area contributed by atoms with Gasteiger partial charge in [0, 0.05) is 16.5 Å². The summed E-state index contributed by atoms with van der Waals surface area (Å²) in [5.41, 5.74) is 0. The second kappa shape index (κ2) is 5.60. The largest absolute Gasteiger partial charge is 0.351 e. The average Bonchev–Trinajstić information content (AvgIpc) is 2.96. The molecule has 2 rings (SSSR count). The molecule has 3 N–H and O–H groups in total. The lowest BCUT2D eigenvalue weighted by Gasteiger charge is -2.08. The Balaban J connectivity index is 1.90. The highest BCUT2D eigenvalue weighted by molar-refractivity contribution is 7.99. The number of hydrogen-bond acceptors (Lipinski definition) is 5. The van der Waals surface area contributed by atoms with Crippen LogP contribution in [0.5, 0.6) is 0 Å². The minimum atomic E-state index is -3.63. The fourth-order valence-corrected chi connectivity index (χ4v) is 4.60. The molecule has 1 aromatic rings. The number of nitrogens with two attached hydrogens (primary N) is 1.